The molecule has 0 saturated carbocycles. The van der Waals surface area contributed by atoms with Crippen LogP contribution < -0.4 is 15.5 Å². The van der Waals surface area contributed by atoms with E-state index in [1.807, 2.05) is 66.4 Å². The minimum atomic E-state index is -0.360. The Bertz CT molecular complexity index is 1260. The largest absolute Gasteiger partial charge is 0.368 e. The molecule has 0 aromatic heterocycles. The fourth-order valence-corrected chi connectivity index (χ4v) is 4.82. The lowest BCUT2D eigenvalue weighted by Crippen LogP contribution is -2.48. The lowest BCUT2D eigenvalue weighted by Gasteiger charge is -2.36. The molecule has 2 N–H and O–H groups in total. The summed E-state index contributed by atoms with van der Waals surface area (Å²) in [5, 5.41) is 6.27. The average molecular weight is 619 g/mol. The van der Waals surface area contributed by atoms with Crippen LogP contribution in [0.4, 0.5) is 11.4 Å². The van der Waals surface area contributed by atoms with Gasteiger partial charge in [-0.25, -0.2) is 0 Å². The molecule has 4 rings (SSSR count). The predicted molar refractivity (Wildman–Crippen MR) is 154 cm³/mol. The second kappa shape index (κ2) is 11.4. The summed E-state index contributed by atoms with van der Waals surface area (Å²) in [5.41, 5.74) is 3.97. The number of nitrogens with one attached hydrogen (secondary N) is 2. The van der Waals surface area contributed by atoms with Gasteiger partial charge >= 0.3 is 0 Å². The van der Waals surface area contributed by atoms with Crippen LogP contribution in [0.1, 0.15) is 26.3 Å². The van der Waals surface area contributed by atoms with E-state index in [1.165, 1.54) is 0 Å². The number of halogens is 2. The van der Waals surface area contributed by atoms with E-state index < -0.39 is 0 Å². The molecule has 2 amide bonds. The van der Waals surface area contributed by atoms with Crippen LogP contribution in [0, 0.1) is 10.5 Å². The molecule has 0 bridgehead atoms. The number of carbonyl (C=O) groups excluding carboxylic acids is 2. The zero-order valence-electron chi connectivity index (χ0n) is 19.1. The van der Waals surface area contributed by atoms with Gasteiger partial charge in [-0.2, -0.15) is 0 Å². The van der Waals surface area contributed by atoms with Gasteiger partial charge in [-0.3, -0.25) is 14.9 Å². The molecule has 3 aromatic rings. The number of piperazine rings is 1. The van der Waals surface area contributed by atoms with Gasteiger partial charge in [0.15, 0.2) is 5.11 Å². The van der Waals surface area contributed by atoms with Gasteiger partial charge in [-0.1, -0.05) is 29.8 Å². The summed E-state index contributed by atoms with van der Waals surface area (Å²) < 4.78 is 0.909. The zero-order chi connectivity index (χ0) is 24.9. The third-order valence-electron chi connectivity index (χ3n) is 5.83. The number of hydrogen-bond acceptors (Lipinski definition) is 4. The summed E-state index contributed by atoms with van der Waals surface area (Å²) in [7, 11) is 0. The van der Waals surface area contributed by atoms with Gasteiger partial charge in [0, 0.05) is 46.7 Å². The molecule has 3 aromatic carbocycles. The highest BCUT2D eigenvalue weighted by Gasteiger charge is 2.23. The summed E-state index contributed by atoms with van der Waals surface area (Å²) in [6.45, 7) is 4.83. The van der Waals surface area contributed by atoms with Gasteiger partial charge in [0.2, 0.25) is 0 Å². The number of benzene rings is 3. The molecule has 1 saturated heterocycles. The molecular formula is C26H24ClIN4O2S. The van der Waals surface area contributed by atoms with Gasteiger partial charge in [-0.15, -0.1) is 0 Å². The van der Waals surface area contributed by atoms with Gasteiger partial charge in [0.25, 0.3) is 11.8 Å². The van der Waals surface area contributed by atoms with E-state index in [-0.39, 0.29) is 16.9 Å². The Labute approximate surface area is 228 Å². The van der Waals surface area contributed by atoms with Crippen molar-refractivity contribution >= 4 is 74.7 Å². The minimum absolute atomic E-state index is 0.0874. The Hall–Kier alpha value is -2.69. The van der Waals surface area contributed by atoms with Gasteiger partial charge in [0.05, 0.1) is 10.6 Å². The van der Waals surface area contributed by atoms with Crippen molar-refractivity contribution in [3.8, 4) is 0 Å². The van der Waals surface area contributed by atoms with Crippen molar-refractivity contribution in [1.29, 1.82) is 0 Å². The molecular weight excluding hydrogens is 595 g/mol. The molecule has 180 valence electrons. The van der Waals surface area contributed by atoms with E-state index in [4.69, 9.17) is 23.8 Å². The standard InChI is InChI=1S/C26H24ClIN4O2S/c1-17-4-2-3-5-21(17)25(34)32-14-12-31(13-15-32)20-9-7-19(8-10-20)29-26(35)30-24(33)22-16-18(28)6-11-23(22)27/h2-11,16H,12-15H2,1H3,(H2,29,30,33,35). The fourth-order valence-electron chi connectivity index (χ4n) is 3.91. The molecule has 0 aliphatic carbocycles. The number of amides is 2. The highest BCUT2D eigenvalue weighted by molar-refractivity contribution is 14.1. The van der Waals surface area contributed by atoms with E-state index in [9.17, 15) is 9.59 Å². The van der Waals surface area contributed by atoms with Crippen molar-refractivity contribution in [2.45, 2.75) is 6.92 Å². The van der Waals surface area contributed by atoms with E-state index in [0.29, 0.717) is 23.7 Å². The highest BCUT2D eigenvalue weighted by Crippen LogP contribution is 2.22. The quantitative estimate of drug-likeness (QED) is 0.305. The smallest absolute Gasteiger partial charge is 0.258 e. The summed E-state index contributed by atoms with van der Waals surface area (Å²) in [6.07, 6.45) is 0. The van der Waals surface area contributed by atoms with Crippen LogP contribution in [0.5, 0.6) is 0 Å². The maximum Gasteiger partial charge on any atom is 0.258 e. The van der Waals surface area contributed by atoms with Gasteiger partial charge in [0.1, 0.15) is 0 Å². The van der Waals surface area contributed by atoms with Crippen molar-refractivity contribution < 1.29 is 9.59 Å². The fraction of sp³-hybridized carbons (Fsp3) is 0.192. The monoisotopic (exact) mass is 618 g/mol. The second-order valence-corrected chi connectivity index (χ2v) is 10.2. The maximum absolute atomic E-state index is 12.9. The van der Waals surface area contributed by atoms with Crippen LogP contribution in [-0.2, 0) is 0 Å². The lowest BCUT2D eigenvalue weighted by molar-refractivity contribution is 0.0746. The predicted octanol–water partition coefficient (Wildman–Crippen LogP) is 5.34. The van der Waals surface area contributed by atoms with E-state index >= 15 is 0 Å². The summed E-state index contributed by atoms with van der Waals surface area (Å²) >= 11 is 13.6. The van der Waals surface area contributed by atoms with Crippen LogP contribution in [0.25, 0.3) is 0 Å². The van der Waals surface area contributed by atoms with Crippen LogP contribution in [0.15, 0.2) is 66.7 Å². The summed E-state index contributed by atoms with van der Waals surface area (Å²) in [4.78, 5) is 29.5. The molecule has 9 heteroatoms. The molecule has 0 spiro atoms. The second-order valence-electron chi connectivity index (χ2n) is 8.17. The molecule has 0 unspecified atom stereocenters. The number of hydrogen-bond donors (Lipinski definition) is 2. The van der Waals surface area contributed by atoms with Crippen molar-refractivity contribution in [3.63, 3.8) is 0 Å². The number of rotatable bonds is 4. The topological polar surface area (TPSA) is 64.7 Å². The Morgan fingerprint density at radius 3 is 2.31 bits per heavy atom. The molecule has 0 atom stereocenters. The molecule has 0 radical (unpaired) electrons. The lowest BCUT2D eigenvalue weighted by atomic mass is 10.1. The van der Waals surface area contributed by atoms with Crippen LogP contribution in [0.2, 0.25) is 5.02 Å². The first-order valence-corrected chi connectivity index (χ1v) is 13.0. The first kappa shape index (κ1) is 25.4. The molecule has 1 fully saturated rings. The molecule has 1 heterocycles. The number of nitrogens with zero attached hydrogens (tertiary/aromatic N) is 2. The van der Waals surface area contributed by atoms with Crippen LogP contribution >= 0.6 is 46.4 Å². The molecule has 35 heavy (non-hydrogen) atoms. The van der Waals surface area contributed by atoms with Crippen molar-refractivity contribution in [2.75, 3.05) is 36.4 Å². The van der Waals surface area contributed by atoms with Gasteiger partial charge in [-0.05, 0) is 95.8 Å². The Kier molecular flexibility index (Phi) is 8.25. The number of aryl methyl sites for hydroxylation is 1. The van der Waals surface area contributed by atoms with Crippen LogP contribution in [0.3, 0.4) is 0 Å². The Balaban J connectivity index is 1.30. The molecule has 1 aliphatic rings. The van der Waals surface area contributed by atoms with Crippen LogP contribution in [-0.4, -0.2) is 48.0 Å². The number of carbonyl (C=O) groups is 2. The maximum atomic E-state index is 12.9. The van der Waals surface area contributed by atoms with Crippen molar-refractivity contribution in [1.82, 2.24) is 10.2 Å². The Morgan fingerprint density at radius 2 is 1.63 bits per heavy atom. The van der Waals surface area contributed by atoms with E-state index in [1.54, 1.807) is 12.1 Å². The van der Waals surface area contributed by atoms with E-state index in [0.717, 1.165) is 39.2 Å². The first-order valence-electron chi connectivity index (χ1n) is 11.1. The third kappa shape index (κ3) is 6.31. The van der Waals surface area contributed by atoms with Crippen molar-refractivity contribution in [2.24, 2.45) is 0 Å². The minimum Gasteiger partial charge on any atom is -0.368 e. The Morgan fingerprint density at radius 1 is 0.943 bits per heavy atom. The van der Waals surface area contributed by atoms with Gasteiger partial charge < -0.3 is 15.1 Å². The van der Waals surface area contributed by atoms with E-state index in [2.05, 4.69) is 38.1 Å². The summed E-state index contributed by atoms with van der Waals surface area (Å²) in [5.74, 6) is -0.273. The van der Waals surface area contributed by atoms with Crippen molar-refractivity contribution in [3.05, 3.63) is 92.0 Å². The first-order chi connectivity index (χ1) is 16.8. The number of thiocarbonyl (C=S) groups is 1. The normalized spacial score (nSPS) is 13.3. The molecule has 6 nitrogen and oxygen atoms in total. The number of anilines is 2. The zero-order valence-corrected chi connectivity index (χ0v) is 22.8. The highest BCUT2D eigenvalue weighted by atomic mass is 127. The third-order valence-corrected chi connectivity index (χ3v) is 7.04. The summed E-state index contributed by atoms with van der Waals surface area (Å²) in [6, 6.07) is 20.8. The average Bonchev–Trinajstić information content (AvgIpc) is 2.86. The SMILES string of the molecule is Cc1ccccc1C(=O)N1CCN(c2ccc(NC(=S)NC(=O)c3cc(I)ccc3Cl)cc2)CC1. The molecule has 1 aliphatic heterocycles.